The lowest BCUT2D eigenvalue weighted by Crippen LogP contribution is -2.28. The van der Waals surface area contributed by atoms with E-state index in [1.807, 2.05) is 0 Å². The quantitative estimate of drug-likeness (QED) is 0.707. The van der Waals surface area contributed by atoms with Gasteiger partial charge in [-0.25, -0.2) is 4.98 Å². The number of para-hydroxylation sites is 2. The molecular weight excluding hydrogens is 348 g/mol. The van der Waals surface area contributed by atoms with Crippen LogP contribution in [0.3, 0.4) is 0 Å². The number of imide groups is 1. The Balaban J connectivity index is 1.60. The van der Waals surface area contributed by atoms with E-state index in [1.54, 1.807) is 30.3 Å². The standard InChI is InChI=1S/C19H14N4O4/c1-22-18(26)12-7-6-11(8-13(12)19(22)27)21-16(24)10-23-15-5-3-2-4-14(15)20-9-17(23)25/h2-9H,10H2,1H3,(H,21,24). The molecule has 0 saturated heterocycles. The maximum atomic E-state index is 12.4. The van der Waals surface area contributed by atoms with E-state index in [0.29, 0.717) is 22.3 Å². The summed E-state index contributed by atoms with van der Waals surface area (Å²) in [5, 5.41) is 2.66. The summed E-state index contributed by atoms with van der Waals surface area (Å²) in [5.74, 6) is -1.22. The summed E-state index contributed by atoms with van der Waals surface area (Å²) in [6.45, 7) is -0.203. The molecule has 1 aliphatic rings. The number of anilines is 1. The molecule has 2 heterocycles. The van der Waals surface area contributed by atoms with E-state index in [-0.39, 0.29) is 23.6 Å². The average Bonchev–Trinajstić information content (AvgIpc) is 2.88. The first kappa shape index (κ1) is 16.6. The predicted molar refractivity (Wildman–Crippen MR) is 97.5 cm³/mol. The third-order valence-electron chi connectivity index (χ3n) is 4.43. The topological polar surface area (TPSA) is 101 Å². The van der Waals surface area contributed by atoms with Gasteiger partial charge in [0, 0.05) is 12.7 Å². The molecule has 3 amide bonds. The van der Waals surface area contributed by atoms with Crippen molar-refractivity contribution < 1.29 is 14.4 Å². The molecule has 0 radical (unpaired) electrons. The smallest absolute Gasteiger partial charge is 0.269 e. The zero-order valence-electron chi connectivity index (χ0n) is 14.3. The SMILES string of the molecule is CN1C(=O)c2ccc(NC(=O)Cn3c(=O)cnc4ccccc43)cc2C1=O. The van der Waals surface area contributed by atoms with E-state index in [4.69, 9.17) is 0 Å². The maximum Gasteiger partial charge on any atom is 0.269 e. The van der Waals surface area contributed by atoms with Crippen molar-refractivity contribution in [3.63, 3.8) is 0 Å². The highest BCUT2D eigenvalue weighted by Gasteiger charge is 2.32. The first-order valence-corrected chi connectivity index (χ1v) is 8.16. The number of carbonyl (C=O) groups excluding carboxylic acids is 3. The van der Waals surface area contributed by atoms with Crippen LogP contribution in [-0.4, -0.2) is 39.2 Å². The maximum absolute atomic E-state index is 12.4. The van der Waals surface area contributed by atoms with Crippen molar-refractivity contribution in [1.29, 1.82) is 0 Å². The van der Waals surface area contributed by atoms with Crippen molar-refractivity contribution >= 4 is 34.4 Å². The third-order valence-corrected chi connectivity index (χ3v) is 4.43. The van der Waals surface area contributed by atoms with Crippen LogP contribution in [0.1, 0.15) is 20.7 Å². The second-order valence-electron chi connectivity index (χ2n) is 6.15. The van der Waals surface area contributed by atoms with Gasteiger partial charge in [0.05, 0.1) is 28.4 Å². The lowest BCUT2D eigenvalue weighted by atomic mass is 10.1. The Morgan fingerprint density at radius 3 is 2.59 bits per heavy atom. The number of carbonyl (C=O) groups is 3. The summed E-state index contributed by atoms with van der Waals surface area (Å²) < 4.78 is 1.33. The number of rotatable bonds is 3. The van der Waals surface area contributed by atoms with Crippen molar-refractivity contribution in [3.8, 4) is 0 Å². The van der Waals surface area contributed by atoms with E-state index < -0.39 is 11.8 Å². The molecular formula is C19H14N4O4. The Bertz CT molecular complexity index is 1180. The van der Waals surface area contributed by atoms with Crippen LogP contribution in [0.2, 0.25) is 0 Å². The van der Waals surface area contributed by atoms with Crippen LogP contribution in [0.15, 0.2) is 53.5 Å². The fraction of sp³-hybridized carbons (Fsp3) is 0.105. The van der Waals surface area contributed by atoms with Crippen LogP contribution in [0.4, 0.5) is 5.69 Å². The molecule has 0 fully saturated rings. The summed E-state index contributed by atoms with van der Waals surface area (Å²) in [5.41, 5.74) is 1.69. The van der Waals surface area contributed by atoms with Gasteiger partial charge in [0.25, 0.3) is 17.4 Å². The summed E-state index contributed by atoms with van der Waals surface area (Å²) >= 11 is 0. The molecule has 0 spiro atoms. The molecule has 0 bridgehead atoms. The average molecular weight is 362 g/mol. The van der Waals surface area contributed by atoms with Crippen LogP contribution >= 0.6 is 0 Å². The van der Waals surface area contributed by atoms with E-state index in [1.165, 1.54) is 29.9 Å². The van der Waals surface area contributed by atoms with Gasteiger partial charge in [0.15, 0.2) is 0 Å². The van der Waals surface area contributed by atoms with Crippen LogP contribution in [0.5, 0.6) is 0 Å². The molecule has 27 heavy (non-hydrogen) atoms. The van der Waals surface area contributed by atoms with Crippen LogP contribution < -0.4 is 10.9 Å². The molecule has 4 rings (SSSR count). The van der Waals surface area contributed by atoms with Crippen LogP contribution in [0.25, 0.3) is 11.0 Å². The molecule has 134 valence electrons. The summed E-state index contributed by atoms with van der Waals surface area (Å²) in [4.78, 5) is 53.6. The molecule has 3 aromatic rings. The van der Waals surface area contributed by atoms with Crippen molar-refractivity contribution in [2.75, 3.05) is 12.4 Å². The highest BCUT2D eigenvalue weighted by atomic mass is 16.2. The minimum Gasteiger partial charge on any atom is -0.325 e. The third kappa shape index (κ3) is 2.77. The largest absolute Gasteiger partial charge is 0.325 e. The molecule has 8 nitrogen and oxygen atoms in total. The number of hydrogen-bond acceptors (Lipinski definition) is 5. The van der Waals surface area contributed by atoms with Gasteiger partial charge in [-0.05, 0) is 30.3 Å². The van der Waals surface area contributed by atoms with E-state index in [9.17, 15) is 19.2 Å². The van der Waals surface area contributed by atoms with Crippen molar-refractivity contribution in [2.24, 2.45) is 0 Å². The first-order valence-electron chi connectivity index (χ1n) is 8.16. The summed E-state index contributed by atoms with van der Waals surface area (Å²) in [7, 11) is 1.41. The molecule has 0 unspecified atom stereocenters. The molecule has 0 aliphatic carbocycles. The fourth-order valence-electron chi connectivity index (χ4n) is 3.06. The van der Waals surface area contributed by atoms with Gasteiger partial charge in [-0.2, -0.15) is 0 Å². The van der Waals surface area contributed by atoms with Gasteiger partial charge in [0.1, 0.15) is 6.54 Å². The fourth-order valence-corrected chi connectivity index (χ4v) is 3.06. The second kappa shape index (κ2) is 6.17. The molecule has 1 aliphatic heterocycles. The minimum absolute atomic E-state index is 0.203. The highest BCUT2D eigenvalue weighted by molar-refractivity contribution is 6.21. The van der Waals surface area contributed by atoms with E-state index in [2.05, 4.69) is 10.3 Å². The van der Waals surface area contributed by atoms with Gasteiger partial charge >= 0.3 is 0 Å². The van der Waals surface area contributed by atoms with Crippen molar-refractivity contribution in [2.45, 2.75) is 6.54 Å². The van der Waals surface area contributed by atoms with Crippen LogP contribution in [-0.2, 0) is 11.3 Å². The van der Waals surface area contributed by atoms with Crippen LogP contribution in [0, 0.1) is 0 Å². The Hall–Kier alpha value is -3.81. The van der Waals surface area contributed by atoms with Crippen molar-refractivity contribution in [3.05, 3.63) is 70.1 Å². The molecule has 0 atom stereocenters. The molecule has 8 heteroatoms. The predicted octanol–water partition coefficient (Wildman–Crippen LogP) is 1.26. The molecule has 1 N–H and O–H groups in total. The summed E-state index contributed by atoms with van der Waals surface area (Å²) in [6.07, 6.45) is 1.17. The molecule has 1 aromatic heterocycles. The van der Waals surface area contributed by atoms with Gasteiger partial charge in [0.2, 0.25) is 5.91 Å². The molecule has 2 aromatic carbocycles. The van der Waals surface area contributed by atoms with Gasteiger partial charge in [-0.3, -0.25) is 28.6 Å². The van der Waals surface area contributed by atoms with Gasteiger partial charge in [-0.15, -0.1) is 0 Å². The normalized spacial score (nSPS) is 13.1. The Morgan fingerprint density at radius 2 is 1.78 bits per heavy atom. The number of aromatic nitrogens is 2. The van der Waals surface area contributed by atoms with Crippen molar-refractivity contribution in [1.82, 2.24) is 14.5 Å². The lowest BCUT2D eigenvalue weighted by Gasteiger charge is -2.10. The van der Waals surface area contributed by atoms with Gasteiger partial charge < -0.3 is 5.32 Å². The van der Waals surface area contributed by atoms with E-state index in [0.717, 1.165) is 4.90 Å². The number of amides is 3. The number of benzene rings is 2. The number of fused-ring (bicyclic) bond motifs is 2. The van der Waals surface area contributed by atoms with Gasteiger partial charge in [-0.1, -0.05) is 12.1 Å². The Labute approximate surface area is 153 Å². The monoisotopic (exact) mass is 362 g/mol. The zero-order chi connectivity index (χ0) is 19.1. The molecule has 0 saturated carbocycles. The Kier molecular flexibility index (Phi) is 3.80. The number of nitrogens with one attached hydrogen (secondary N) is 1. The Morgan fingerprint density at radius 1 is 1.04 bits per heavy atom. The first-order chi connectivity index (χ1) is 13.0. The number of nitrogens with zero attached hydrogens (tertiary/aromatic N) is 3. The number of hydrogen-bond donors (Lipinski definition) is 1. The minimum atomic E-state index is -0.432. The zero-order valence-corrected chi connectivity index (χ0v) is 14.3. The highest BCUT2D eigenvalue weighted by Crippen LogP contribution is 2.24. The summed E-state index contributed by atoms with van der Waals surface area (Å²) in [6, 6.07) is 11.5. The second-order valence-corrected chi connectivity index (χ2v) is 6.15. The van der Waals surface area contributed by atoms with E-state index >= 15 is 0 Å². The lowest BCUT2D eigenvalue weighted by molar-refractivity contribution is -0.116.